The molecule has 0 aromatic heterocycles. The van der Waals surface area contributed by atoms with E-state index >= 15 is 0 Å². The summed E-state index contributed by atoms with van der Waals surface area (Å²) in [4.78, 5) is 27.6. The Hall–Kier alpha value is -3.82. The van der Waals surface area contributed by atoms with Crippen LogP contribution >= 0.6 is 0 Å². The molecule has 2 atom stereocenters. The van der Waals surface area contributed by atoms with Crippen LogP contribution in [0.15, 0.2) is 66.7 Å². The molecule has 2 amide bonds. The van der Waals surface area contributed by atoms with E-state index in [0.717, 1.165) is 39.3 Å². The largest absolute Gasteiger partial charge is 0.465 e. The average Bonchev–Trinajstić information content (AvgIpc) is 3.26. The number of fused-ring (bicyclic) bond motifs is 3. The molecule has 0 bridgehead atoms. The highest BCUT2D eigenvalue weighted by atomic mass is 19.2. The van der Waals surface area contributed by atoms with E-state index in [1.807, 2.05) is 62.4 Å². The van der Waals surface area contributed by atoms with Crippen LogP contribution < -0.4 is 5.32 Å². The minimum absolute atomic E-state index is 0.0000209. The first-order valence-electron chi connectivity index (χ1n) is 13.9. The molecule has 41 heavy (non-hydrogen) atoms. The number of rotatable bonds is 13. The molecule has 2 unspecified atom stereocenters. The van der Waals surface area contributed by atoms with Crippen molar-refractivity contribution in [2.45, 2.75) is 57.9 Å². The second kappa shape index (κ2) is 13.7. The SMILES string of the molecule is CCOC(CC(C)NC(=O)C(Cc1ccc(F)c(F)c1)N(CC1c2ccccc2-c2ccccc21)C(=O)O)OCC. The Balaban J connectivity index is 1.65. The van der Waals surface area contributed by atoms with Crippen molar-refractivity contribution in [3.63, 3.8) is 0 Å². The zero-order chi connectivity index (χ0) is 29.5. The van der Waals surface area contributed by atoms with E-state index in [9.17, 15) is 23.5 Å². The van der Waals surface area contributed by atoms with Crippen molar-refractivity contribution in [2.24, 2.45) is 0 Å². The highest BCUT2D eigenvalue weighted by molar-refractivity contribution is 5.86. The predicted molar refractivity (Wildman–Crippen MR) is 152 cm³/mol. The van der Waals surface area contributed by atoms with Gasteiger partial charge in [0.15, 0.2) is 17.9 Å². The molecule has 0 aliphatic heterocycles. The number of halogens is 2. The summed E-state index contributed by atoms with van der Waals surface area (Å²) in [5.41, 5.74) is 4.28. The fourth-order valence-electron chi connectivity index (χ4n) is 5.47. The van der Waals surface area contributed by atoms with Gasteiger partial charge in [0.25, 0.3) is 0 Å². The third kappa shape index (κ3) is 7.10. The smallest absolute Gasteiger partial charge is 0.408 e. The van der Waals surface area contributed by atoms with Gasteiger partial charge in [-0.2, -0.15) is 0 Å². The summed E-state index contributed by atoms with van der Waals surface area (Å²) in [6.45, 7) is 6.34. The lowest BCUT2D eigenvalue weighted by Crippen LogP contribution is -2.53. The fourth-order valence-corrected chi connectivity index (χ4v) is 5.47. The van der Waals surface area contributed by atoms with E-state index in [-0.39, 0.29) is 18.9 Å². The van der Waals surface area contributed by atoms with Gasteiger partial charge in [-0.15, -0.1) is 0 Å². The number of benzene rings is 3. The van der Waals surface area contributed by atoms with Crippen molar-refractivity contribution < 1.29 is 33.0 Å². The summed E-state index contributed by atoms with van der Waals surface area (Å²) in [5, 5.41) is 13.3. The van der Waals surface area contributed by atoms with Crippen molar-refractivity contribution in [2.75, 3.05) is 19.8 Å². The maximum Gasteiger partial charge on any atom is 0.408 e. The molecule has 1 aliphatic rings. The quantitative estimate of drug-likeness (QED) is 0.249. The van der Waals surface area contributed by atoms with Crippen LogP contribution in [-0.4, -0.2) is 60.1 Å². The van der Waals surface area contributed by atoms with Crippen LogP contribution in [-0.2, 0) is 20.7 Å². The molecule has 2 N–H and O–H groups in total. The molecule has 7 nitrogen and oxygen atoms in total. The van der Waals surface area contributed by atoms with Gasteiger partial charge in [-0.1, -0.05) is 54.6 Å². The standard InChI is InChI=1S/C32H36F2N2O5/c1-4-40-30(41-5-2)16-20(3)35-31(37)29(18-21-14-15-27(33)28(34)17-21)36(32(38)39)19-26-24-12-8-6-10-22(24)23-11-7-9-13-25(23)26/h6-15,17,20,26,29-30H,4-5,16,18-19H2,1-3H3,(H,35,37)(H,38,39). The number of ether oxygens (including phenoxy) is 2. The van der Waals surface area contributed by atoms with Crippen LogP contribution in [0.2, 0.25) is 0 Å². The van der Waals surface area contributed by atoms with Gasteiger partial charge < -0.3 is 19.9 Å². The summed E-state index contributed by atoms with van der Waals surface area (Å²) in [5.74, 6) is -2.94. The van der Waals surface area contributed by atoms with Crippen LogP contribution in [0.3, 0.4) is 0 Å². The van der Waals surface area contributed by atoms with Crippen LogP contribution in [0.1, 0.15) is 49.8 Å². The summed E-state index contributed by atoms with van der Waals surface area (Å²) in [7, 11) is 0. The third-order valence-electron chi connectivity index (χ3n) is 7.32. The van der Waals surface area contributed by atoms with Gasteiger partial charge in [0.2, 0.25) is 5.91 Å². The molecule has 3 aromatic rings. The number of hydrogen-bond acceptors (Lipinski definition) is 4. The lowest BCUT2D eigenvalue weighted by molar-refractivity contribution is -0.144. The topological polar surface area (TPSA) is 88.1 Å². The highest BCUT2D eigenvalue weighted by Crippen LogP contribution is 2.45. The Morgan fingerprint density at radius 2 is 1.51 bits per heavy atom. The molecule has 3 aromatic carbocycles. The summed E-state index contributed by atoms with van der Waals surface area (Å²) >= 11 is 0. The maximum atomic E-state index is 14.1. The van der Waals surface area contributed by atoms with Crippen molar-refractivity contribution in [1.29, 1.82) is 0 Å². The monoisotopic (exact) mass is 566 g/mol. The molecule has 9 heteroatoms. The zero-order valence-corrected chi connectivity index (χ0v) is 23.5. The molecule has 0 spiro atoms. The van der Waals surface area contributed by atoms with Crippen LogP contribution in [0.4, 0.5) is 13.6 Å². The van der Waals surface area contributed by atoms with Crippen molar-refractivity contribution in [3.8, 4) is 11.1 Å². The number of carbonyl (C=O) groups excluding carboxylic acids is 1. The van der Waals surface area contributed by atoms with E-state index in [0.29, 0.717) is 25.2 Å². The molecule has 0 fully saturated rings. The predicted octanol–water partition coefficient (Wildman–Crippen LogP) is 5.96. The Kier molecular flexibility index (Phi) is 10.1. The van der Waals surface area contributed by atoms with Gasteiger partial charge in [0.1, 0.15) is 6.04 Å². The van der Waals surface area contributed by atoms with Crippen molar-refractivity contribution in [1.82, 2.24) is 10.2 Å². The maximum absolute atomic E-state index is 14.1. The first-order valence-corrected chi connectivity index (χ1v) is 13.9. The Labute approximate surface area is 239 Å². The number of nitrogens with one attached hydrogen (secondary N) is 1. The Morgan fingerprint density at radius 1 is 0.927 bits per heavy atom. The Morgan fingerprint density at radius 3 is 2.05 bits per heavy atom. The van der Waals surface area contributed by atoms with E-state index in [1.54, 1.807) is 6.92 Å². The van der Waals surface area contributed by atoms with Crippen molar-refractivity contribution >= 4 is 12.0 Å². The van der Waals surface area contributed by atoms with Gasteiger partial charge in [-0.3, -0.25) is 9.69 Å². The van der Waals surface area contributed by atoms with Gasteiger partial charge in [-0.05, 0) is 60.7 Å². The number of amides is 2. The van der Waals surface area contributed by atoms with E-state index < -0.39 is 42.0 Å². The minimum atomic E-state index is -1.29. The zero-order valence-electron chi connectivity index (χ0n) is 23.5. The van der Waals surface area contributed by atoms with E-state index in [1.165, 1.54) is 6.07 Å². The van der Waals surface area contributed by atoms with Gasteiger partial charge >= 0.3 is 6.09 Å². The number of carbonyl (C=O) groups is 2. The van der Waals surface area contributed by atoms with Crippen LogP contribution in [0, 0.1) is 11.6 Å². The molecular weight excluding hydrogens is 530 g/mol. The summed E-state index contributed by atoms with van der Waals surface area (Å²) in [6, 6.07) is 17.3. The molecule has 0 heterocycles. The number of carboxylic acid groups (broad SMARTS) is 1. The van der Waals surface area contributed by atoms with E-state index in [2.05, 4.69) is 5.32 Å². The van der Waals surface area contributed by atoms with Gasteiger partial charge in [0.05, 0.1) is 0 Å². The minimum Gasteiger partial charge on any atom is -0.465 e. The molecule has 0 saturated heterocycles. The van der Waals surface area contributed by atoms with Crippen molar-refractivity contribution in [3.05, 3.63) is 95.1 Å². The second-order valence-electron chi connectivity index (χ2n) is 10.1. The summed E-state index contributed by atoms with van der Waals surface area (Å²) in [6.07, 6.45) is -1.61. The summed E-state index contributed by atoms with van der Waals surface area (Å²) < 4.78 is 39.0. The molecule has 0 radical (unpaired) electrons. The first kappa shape index (κ1) is 30.1. The lowest BCUT2D eigenvalue weighted by atomic mass is 9.94. The van der Waals surface area contributed by atoms with Gasteiger partial charge in [-0.25, -0.2) is 13.6 Å². The van der Waals surface area contributed by atoms with Crippen LogP contribution in [0.5, 0.6) is 0 Å². The molecule has 1 aliphatic carbocycles. The fraction of sp³-hybridized carbons (Fsp3) is 0.375. The molecule has 218 valence electrons. The first-order chi connectivity index (χ1) is 19.7. The third-order valence-corrected chi connectivity index (χ3v) is 7.32. The number of hydrogen-bond donors (Lipinski definition) is 2. The Bertz CT molecular complexity index is 1320. The highest BCUT2D eigenvalue weighted by Gasteiger charge is 2.37. The second-order valence-corrected chi connectivity index (χ2v) is 10.1. The average molecular weight is 567 g/mol. The van der Waals surface area contributed by atoms with Crippen LogP contribution in [0.25, 0.3) is 11.1 Å². The molecular formula is C32H36F2N2O5. The normalized spacial score (nSPS) is 13.9. The molecule has 0 saturated carbocycles. The van der Waals surface area contributed by atoms with E-state index in [4.69, 9.17) is 9.47 Å². The molecule has 4 rings (SSSR count). The lowest BCUT2D eigenvalue weighted by Gasteiger charge is -2.32. The number of nitrogens with zero attached hydrogens (tertiary/aromatic N) is 1. The van der Waals surface area contributed by atoms with Gasteiger partial charge in [0, 0.05) is 44.6 Å².